The second kappa shape index (κ2) is 9.49. The maximum Gasteiger partial charge on any atom is 0.338 e. The summed E-state index contributed by atoms with van der Waals surface area (Å²) in [5.41, 5.74) is 0.0760. The summed E-state index contributed by atoms with van der Waals surface area (Å²) >= 11 is 0. The molecule has 0 aromatic heterocycles. The molecule has 8 nitrogen and oxygen atoms in total. The lowest BCUT2D eigenvalue weighted by atomic mass is 10.2. The van der Waals surface area contributed by atoms with Crippen LogP contribution in [0, 0.1) is 5.92 Å². The van der Waals surface area contributed by atoms with Crippen molar-refractivity contribution >= 4 is 21.9 Å². The lowest BCUT2D eigenvalue weighted by molar-refractivity contribution is -0.124. The van der Waals surface area contributed by atoms with Crippen molar-refractivity contribution in [2.45, 2.75) is 44.8 Å². The van der Waals surface area contributed by atoms with Gasteiger partial charge in [0.15, 0.2) is 6.61 Å². The van der Waals surface area contributed by atoms with Crippen LogP contribution in [-0.2, 0) is 24.3 Å². The van der Waals surface area contributed by atoms with Gasteiger partial charge in [-0.05, 0) is 38.0 Å². The zero-order valence-electron chi connectivity index (χ0n) is 16.7. The molecule has 1 amide bonds. The van der Waals surface area contributed by atoms with Crippen LogP contribution in [0.1, 0.15) is 38.1 Å². The average Bonchev–Trinajstić information content (AvgIpc) is 2.63. The molecule has 0 spiro atoms. The van der Waals surface area contributed by atoms with Crippen molar-refractivity contribution in [1.29, 1.82) is 0 Å². The molecule has 1 aromatic carbocycles. The fourth-order valence-electron chi connectivity index (χ4n) is 2.84. The van der Waals surface area contributed by atoms with Crippen LogP contribution in [0.25, 0.3) is 0 Å². The number of nitrogens with one attached hydrogen (secondary N) is 1. The van der Waals surface area contributed by atoms with Gasteiger partial charge in [0.1, 0.15) is 0 Å². The summed E-state index contributed by atoms with van der Waals surface area (Å²) in [5, 5.41) is 2.65. The Hall–Kier alpha value is -1.97. The maximum atomic E-state index is 12.9. The molecule has 0 aliphatic carbocycles. The zero-order chi connectivity index (χ0) is 20.9. The van der Waals surface area contributed by atoms with E-state index in [2.05, 4.69) is 5.32 Å². The monoisotopic (exact) mass is 412 g/mol. The third-order valence-corrected chi connectivity index (χ3v) is 5.96. The summed E-state index contributed by atoms with van der Waals surface area (Å²) in [4.78, 5) is 23.9. The lowest BCUT2D eigenvalue weighted by Crippen LogP contribution is -2.48. The minimum atomic E-state index is -3.77. The number of carbonyl (C=O) groups excluding carboxylic acids is 2. The zero-order valence-corrected chi connectivity index (χ0v) is 17.5. The van der Waals surface area contributed by atoms with E-state index >= 15 is 0 Å². The molecule has 156 valence electrons. The third kappa shape index (κ3) is 6.02. The molecular weight excluding hydrogens is 384 g/mol. The number of nitrogens with zero attached hydrogens (tertiary/aromatic N) is 1. The van der Waals surface area contributed by atoms with E-state index in [1.54, 1.807) is 0 Å². The van der Waals surface area contributed by atoms with Crippen molar-refractivity contribution in [2.75, 3.05) is 26.2 Å². The van der Waals surface area contributed by atoms with Crippen LogP contribution in [0.15, 0.2) is 29.2 Å². The van der Waals surface area contributed by atoms with E-state index in [0.717, 1.165) is 0 Å². The first kappa shape index (κ1) is 22.3. The second-order valence-electron chi connectivity index (χ2n) is 7.38. The molecule has 0 saturated carbocycles. The van der Waals surface area contributed by atoms with Gasteiger partial charge in [-0.3, -0.25) is 4.79 Å². The molecule has 0 unspecified atom stereocenters. The number of morpholine rings is 1. The van der Waals surface area contributed by atoms with E-state index in [9.17, 15) is 18.0 Å². The largest absolute Gasteiger partial charge is 0.452 e. The van der Waals surface area contributed by atoms with Gasteiger partial charge in [0.2, 0.25) is 10.0 Å². The maximum absolute atomic E-state index is 12.9. The third-order valence-electron chi connectivity index (χ3n) is 4.14. The predicted molar refractivity (Wildman–Crippen MR) is 103 cm³/mol. The highest BCUT2D eigenvalue weighted by atomic mass is 32.2. The Balaban J connectivity index is 2.06. The van der Waals surface area contributed by atoms with Crippen molar-refractivity contribution < 1.29 is 27.5 Å². The number of ether oxygens (including phenoxy) is 2. The van der Waals surface area contributed by atoms with Gasteiger partial charge in [0.25, 0.3) is 5.91 Å². The van der Waals surface area contributed by atoms with Crippen LogP contribution in [-0.4, -0.2) is 63.0 Å². The fourth-order valence-corrected chi connectivity index (χ4v) is 4.48. The molecular formula is C19H28N2O6S. The van der Waals surface area contributed by atoms with Crippen molar-refractivity contribution in [3.05, 3.63) is 29.8 Å². The Bertz CT molecular complexity index is 798. The van der Waals surface area contributed by atoms with Crippen molar-refractivity contribution in [3.8, 4) is 0 Å². The standard InChI is InChI=1S/C19H28N2O6S/c1-13(2)9-20-18(22)12-26-19(23)16-6-5-7-17(8-16)28(24,25)21-10-14(3)27-15(4)11-21/h5-8,13-15H,9-12H2,1-4H3,(H,20,22)/t14-,15+. The Morgan fingerprint density at radius 3 is 2.50 bits per heavy atom. The summed E-state index contributed by atoms with van der Waals surface area (Å²) in [6.07, 6.45) is -0.424. The summed E-state index contributed by atoms with van der Waals surface area (Å²) in [6.45, 7) is 8.10. The quantitative estimate of drug-likeness (QED) is 0.680. The molecule has 1 saturated heterocycles. The number of benzene rings is 1. The molecule has 1 fully saturated rings. The van der Waals surface area contributed by atoms with Crippen LogP contribution >= 0.6 is 0 Å². The van der Waals surface area contributed by atoms with E-state index in [0.29, 0.717) is 6.54 Å². The van der Waals surface area contributed by atoms with Gasteiger partial charge in [0, 0.05) is 19.6 Å². The van der Waals surface area contributed by atoms with Gasteiger partial charge in [-0.15, -0.1) is 0 Å². The van der Waals surface area contributed by atoms with Crippen LogP contribution < -0.4 is 5.32 Å². The van der Waals surface area contributed by atoms with Gasteiger partial charge < -0.3 is 14.8 Å². The van der Waals surface area contributed by atoms with Crippen molar-refractivity contribution in [1.82, 2.24) is 9.62 Å². The first-order valence-electron chi connectivity index (χ1n) is 9.29. The smallest absolute Gasteiger partial charge is 0.338 e. The normalized spacial score (nSPS) is 20.8. The topological polar surface area (TPSA) is 102 Å². The SMILES string of the molecule is CC(C)CNC(=O)COC(=O)c1cccc(S(=O)(=O)N2C[C@@H](C)O[C@@H](C)C2)c1. The molecule has 1 aliphatic rings. The van der Waals surface area contributed by atoms with Gasteiger partial charge in [-0.1, -0.05) is 19.9 Å². The summed E-state index contributed by atoms with van der Waals surface area (Å²) in [5.74, 6) is -0.866. The first-order chi connectivity index (χ1) is 13.1. The highest BCUT2D eigenvalue weighted by molar-refractivity contribution is 7.89. The van der Waals surface area contributed by atoms with E-state index < -0.39 is 28.5 Å². The Kier molecular flexibility index (Phi) is 7.56. The number of carbonyl (C=O) groups is 2. The van der Waals surface area contributed by atoms with Gasteiger partial charge >= 0.3 is 5.97 Å². The molecule has 2 rings (SSSR count). The number of hydrogen-bond acceptors (Lipinski definition) is 6. The fraction of sp³-hybridized carbons (Fsp3) is 0.579. The molecule has 2 atom stereocenters. The van der Waals surface area contributed by atoms with E-state index in [1.807, 2.05) is 27.7 Å². The number of esters is 1. The van der Waals surface area contributed by atoms with Crippen LogP contribution in [0.5, 0.6) is 0 Å². The van der Waals surface area contributed by atoms with Crippen molar-refractivity contribution in [2.24, 2.45) is 5.92 Å². The summed E-state index contributed by atoms with van der Waals surface area (Å²) < 4.78 is 37.8. The number of hydrogen-bond donors (Lipinski definition) is 1. The highest BCUT2D eigenvalue weighted by Crippen LogP contribution is 2.22. The van der Waals surface area contributed by atoms with Crippen molar-refractivity contribution in [3.63, 3.8) is 0 Å². The molecule has 0 radical (unpaired) electrons. The van der Waals surface area contributed by atoms with Crippen LogP contribution in [0.4, 0.5) is 0 Å². The van der Waals surface area contributed by atoms with Gasteiger partial charge in [-0.2, -0.15) is 4.31 Å². The minimum absolute atomic E-state index is 0.00695. The Morgan fingerprint density at radius 2 is 1.89 bits per heavy atom. The molecule has 28 heavy (non-hydrogen) atoms. The first-order valence-corrected chi connectivity index (χ1v) is 10.7. The number of rotatable bonds is 7. The summed E-state index contributed by atoms with van der Waals surface area (Å²) in [6, 6.07) is 5.65. The average molecular weight is 413 g/mol. The van der Waals surface area contributed by atoms with Crippen LogP contribution in [0.2, 0.25) is 0 Å². The van der Waals surface area contributed by atoms with Gasteiger partial charge in [0.05, 0.1) is 22.7 Å². The van der Waals surface area contributed by atoms with Gasteiger partial charge in [-0.25, -0.2) is 13.2 Å². The second-order valence-corrected chi connectivity index (χ2v) is 9.32. The van der Waals surface area contributed by atoms with E-state index in [-0.39, 0.29) is 41.7 Å². The number of amides is 1. The highest BCUT2D eigenvalue weighted by Gasteiger charge is 2.32. The molecule has 1 N–H and O–H groups in total. The Labute approximate surface area is 166 Å². The van der Waals surface area contributed by atoms with E-state index in [1.165, 1.54) is 28.6 Å². The predicted octanol–water partition coefficient (Wildman–Crippen LogP) is 1.41. The molecule has 0 bridgehead atoms. The van der Waals surface area contributed by atoms with E-state index in [4.69, 9.17) is 9.47 Å². The van der Waals surface area contributed by atoms with Crippen LogP contribution in [0.3, 0.4) is 0 Å². The molecule has 1 aromatic rings. The lowest BCUT2D eigenvalue weighted by Gasteiger charge is -2.34. The minimum Gasteiger partial charge on any atom is -0.452 e. The molecule has 1 heterocycles. The molecule has 9 heteroatoms. The summed E-state index contributed by atoms with van der Waals surface area (Å²) in [7, 11) is -3.77. The Morgan fingerprint density at radius 1 is 1.25 bits per heavy atom. The molecule has 1 aliphatic heterocycles. The number of sulfonamides is 1.